The van der Waals surface area contributed by atoms with Crippen molar-refractivity contribution in [1.29, 1.82) is 0 Å². The van der Waals surface area contributed by atoms with Crippen molar-refractivity contribution in [3.8, 4) is 0 Å². The fraction of sp³-hybridized carbons (Fsp3) is 0.417. The largest absolute Gasteiger partial charge is 0.494 e. The quantitative estimate of drug-likeness (QED) is 0.270. The number of halogens is 1. The molecule has 0 aromatic heterocycles. The molecule has 0 bridgehead atoms. The predicted octanol–water partition coefficient (Wildman–Crippen LogP) is 2.69. The molecule has 0 saturated carbocycles. The lowest BCUT2D eigenvalue weighted by atomic mass is 10.4. The van der Waals surface area contributed by atoms with Crippen LogP contribution in [0.1, 0.15) is 13.3 Å². The first-order valence-electron chi connectivity index (χ1n) is 5.20. The molecule has 0 radical (unpaired) electrons. The Hall–Kier alpha value is -1.22. The summed E-state index contributed by atoms with van der Waals surface area (Å²) in [5, 5.41) is 0. The number of ether oxygens (including phenoxy) is 1. The summed E-state index contributed by atoms with van der Waals surface area (Å²) in [7, 11) is 0. The average Bonchev–Trinajstić information content (AvgIpc) is 2.33. The lowest BCUT2D eigenvalue weighted by Gasteiger charge is -2.14. The third-order valence-corrected chi connectivity index (χ3v) is 2.09. The second-order valence-electron chi connectivity index (χ2n) is 3.03. The van der Waals surface area contributed by atoms with Gasteiger partial charge in [-0.3, -0.25) is 4.79 Å². The molecule has 1 amide bonds. The Morgan fingerprint density at radius 2 is 2.31 bits per heavy atom. The number of allylic oxidation sites excluding steroid dienone is 3. The van der Waals surface area contributed by atoms with E-state index >= 15 is 0 Å². The van der Waals surface area contributed by atoms with Crippen LogP contribution < -0.4 is 0 Å². The van der Waals surface area contributed by atoms with Gasteiger partial charge in [0.2, 0.25) is 6.41 Å². The molecule has 0 aliphatic carbocycles. The Labute approximate surface area is 102 Å². The van der Waals surface area contributed by atoms with E-state index in [0.29, 0.717) is 18.9 Å². The topological polar surface area (TPSA) is 29.5 Å². The van der Waals surface area contributed by atoms with Gasteiger partial charge in [0.05, 0.1) is 6.61 Å². The van der Waals surface area contributed by atoms with Crippen LogP contribution in [0.3, 0.4) is 0 Å². The molecule has 0 saturated heterocycles. The van der Waals surface area contributed by atoms with Crippen molar-refractivity contribution in [2.24, 2.45) is 0 Å². The Morgan fingerprint density at radius 1 is 1.56 bits per heavy atom. The first-order chi connectivity index (χ1) is 7.78. The minimum Gasteiger partial charge on any atom is -0.494 e. The number of amides is 1. The fourth-order valence-electron chi connectivity index (χ4n) is 1.05. The van der Waals surface area contributed by atoms with E-state index in [1.54, 1.807) is 23.1 Å². The van der Waals surface area contributed by atoms with E-state index < -0.39 is 0 Å². The third kappa shape index (κ3) is 7.12. The van der Waals surface area contributed by atoms with Gasteiger partial charge in [-0.15, -0.1) is 0 Å². The van der Waals surface area contributed by atoms with Crippen LogP contribution in [0, 0.1) is 0 Å². The van der Waals surface area contributed by atoms with Crippen LogP contribution in [0.2, 0.25) is 0 Å². The summed E-state index contributed by atoms with van der Waals surface area (Å²) in [6.45, 7) is 7.55. The molecular weight excluding hydrogens is 226 g/mol. The van der Waals surface area contributed by atoms with Gasteiger partial charge < -0.3 is 9.64 Å². The first kappa shape index (κ1) is 14.8. The molecule has 3 nitrogen and oxygen atoms in total. The molecule has 0 rings (SSSR count). The van der Waals surface area contributed by atoms with Crippen molar-refractivity contribution in [2.45, 2.75) is 13.3 Å². The van der Waals surface area contributed by atoms with E-state index in [1.165, 1.54) is 5.54 Å². The molecule has 0 atom stereocenters. The summed E-state index contributed by atoms with van der Waals surface area (Å²) in [5.41, 5.74) is 1.40. The number of carbonyl (C=O) groups is 1. The van der Waals surface area contributed by atoms with Crippen LogP contribution in [0.5, 0.6) is 0 Å². The lowest BCUT2D eigenvalue weighted by Crippen LogP contribution is -2.23. The van der Waals surface area contributed by atoms with Crippen LogP contribution in [-0.2, 0) is 9.53 Å². The summed E-state index contributed by atoms with van der Waals surface area (Å²) in [5.74, 6) is 0.672. The zero-order valence-electron chi connectivity index (χ0n) is 9.56. The number of nitrogens with zero attached hydrogens (tertiary/aromatic N) is 1. The molecule has 16 heavy (non-hydrogen) atoms. The lowest BCUT2D eigenvalue weighted by molar-refractivity contribution is -0.118. The van der Waals surface area contributed by atoms with E-state index in [1.807, 2.05) is 6.92 Å². The molecule has 0 unspecified atom stereocenters. The van der Waals surface area contributed by atoms with Crippen LogP contribution in [0.4, 0.5) is 0 Å². The van der Waals surface area contributed by atoms with E-state index in [9.17, 15) is 4.79 Å². The number of carbonyl (C=O) groups excluding carboxylic acids is 1. The smallest absolute Gasteiger partial charge is 0.209 e. The van der Waals surface area contributed by atoms with Crippen LogP contribution in [0.15, 0.2) is 36.1 Å². The number of hydrogen-bond donors (Lipinski definition) is 0. The second-order valence-corrected chi connectivity index (χ2v) is 3.28. The SMILES string of the molecule is C=C/C(=C\C=C\Cl)OCCCN(C=O)CC. The summed E-state index contributed by atoms with van der Waals surface area (Å²) in [6, 6.07) is 0. The maximum atomic E-state index is 10.5. The van der Waals surface area contributed by atoms with Gasteiger partial charge in [0, 0.05) is 18.6 Å². The Balaban J connectivity index is 3.79. The summed E-state index contributed by atoms with van der Waals surface area (Å²) in [6.07, 6.45) is 6.66. The Kier molecular flexibility index (Phi) is 9.52. The predicted molar refractivity (Wildman–Crippen MR) is 67.2 cm³/mol. The molecule has 0 aliphatic rings. The molecule has 0 spiro atoms. The average molecular weight is 244 g/mol. The molecule has 4 heteroatoms. The molecule has 0 heterocycles. The standard InChI is InChI=1S/C12H18ClNO2/c1-3-12(7-5-8-13)16-10-6-9-14(4-2)11-15/h3,5,7-8,11H,1,4,6,9-10H2,2H3/b8-5+,12-7+. The first-order valence-corrected chi connectivity index (χ1v) is 5.63. The van der Waals surface area contributed by atoms with Crippen molar-refractivity contribution in [2.75, 3.05) is 19.7 Å². The number of hydrogen-bond acceptors (Lipinski definition) is 2. The fourth-order valence-corrected chi connectivity index (χ4v) is 1.12. The molecular formula is C12H18ClNO2. The molecule has 0 fully saturated rings. The van der Waals surface area contributed by atoms with Gasteiger partial charge in [0.15, 0.2) is 0 Å². The highest BCUT2D eigenvalue weighted by molar-refractivity contribution is 6.25. The zero-order chi connectivity index (χ0) is 12.2. The van der Waals surface area contributed by atoms with Gasteiger partial charge in [-0.05, 0) is 31.6 Å². The maximum absolute atomic E-state index is 10.5. The highest BCUT2D eigenvalue weighted by atomic mass is 35.5. The second kappa shape index (κ2) is 10.3. The van der Waals surface area contributed by atoms with Gasteiger partial charge in [-0.2, -0.15) is 0 Å². The van der Waals surface area contributed by atoms with Crippen LogP contribution in [-0.4, -0.2) is 31.0 Å². The molecule has 0 N–H and O–H groups in total. The normalized spacial score (nSPS) is 11.5. The minimum absolute atomic E-state index is 0.554. The molecule has 0 aromatic rings. The van der Waals surface area contributed by atoms with Crippen LogP contribution in [0.25, 0.3) is 0 Å². The monoisotopic (exact) mass is 243 g/mol. The highest BCUT2D eigenvalue weighted by Gasteiger charge is 1.97. The molecule has 90 valence electrons. The summed E-state index contributed by atoms with van der Waals surface area (Å²) >= 11 is 5.38. The van der Waals surface area contributed by atoms with Crippen molar-refractivity contribution in [1.82, 2.24) is 4.90 Å². The Morgan fingerprint density at radius 3 is 2.81 bits per heavy atom. The van der Waals surface area contributed by atoms with Crippen molar-refractivity contribution >= 4 is 18.0 Å². The minimum atomic E-state index is 0.554. The van der Waals surface area contributed by atoms with Crippen molar-refractivity contribution in [3.05, 3.63) is 36.1 Å². The summed E-state index contributed by atoms with van der Waals surface area (Å²) in [4.78, 5) is 12.2. The van der Waals surface area contributed by atoms with E-state index in [0.717, 1.165) is 19.4 Å². The van der Waals surface area contributed by atoms with Gasteiger partial charge in [-0.25, -0.2) is 0 Å². The van der Waals surface area contributed by atoms with Gasteiger partial charge in [-0.1, -0.05) is 18.2 Å². The van der Waals surface area contributed by atoms with Crippen molar-refractivity contribution < 1.29 is 9.53 Å². The maximum Gasteiger partial charge on any atom is 0.209 e. The van der Waals surface area contributed by atoms with E-state index in [-0.39, 0.29) is 0 Å². The van der Waals surface area contributed by atoms with E-state index in [2.05, 4.69) is 6.58 Å². The molecule has 0 aromatic carbocycles. The number of rotatable bonds is 9. The van der Waals surface area contributed by atoms with E-state index in [4.69, 9.17) is 16.3 Å². The van der Waals surface area contributed by atoms with Crippen LogP contribution >= 0.6 is 11.6 Å². The van der Waals surface area contributed by atoms with Gasteiger partial charge in [0.25, 0.3) is 0 Å². The van der Waals surface area contributed by atoms with Gasteiger partial charge >= 0.3 is 0 Å². The molecule has 0 aliphatic heterocycles. The Bertz CT molecular complexity index is 262. The third-order valence-electron chi connectivity index (χ3n) is 1.95. The zero-order valence-corrected chi connectivity index (χ0v) is 10.3. The van der Waals surface area contributed by atoms with Gasteiger partial charge in [0.1, 0.15) is 5.76 Å². The summed E-state index contributed by atoms with van der Waals surface area (Å²) < 4.78 is 5.42. The van der Waals surface area contributed by atoms with Crippen molar-refractivity contribution in [3.63, 3.8) is 0 Å². The highest BCUT2D eigenvalue weighted by Crippen LogP contribution is 2.01.